The van der Waals surface area contributed by atoms with Gasteiger partial charge < -0.3 is 0 Å². The SMILES string of the molecule is O=C(/C=C/NN1C(=O)c2ccccc2C1=O)c1cccs1. The molecule has 1 aliphatic rings. The molecule has 21 heavy (non-hydrogen) atoms. The molecule has 0 saturated carbocycles. The molecule has 0 bridgehead atoms. The van der Waals surface area contributed by atoms with Gasteiger partial charge in [-0.15, -0.1) is 11.3 Å². The predicted octanol–water partition coefficient (Wildman–Crippen LogP) is 2.25. The molecular weight excluding hydrogens is 288 g/mol. The fourth-order valence-electron chi connectivity index (χ4n) is 1.99. The van der Waals surface area contributed by atoms with Crippen LogP contribution in [0.2, 0.25) is 0 Å². The summed E-state index contributed by atoms with van der Waals surface area (Å²) in [5.41, 5.74) is 3.27. The van der Waals surface area contributed by atoms with Crippen molar-refractivity contribution in [1.29, 1.82) is 0 Å². The fourth-order valence-corrected chi connectivity index (χ4v) is 2.64. The molecule has 104 valence electrons. The number of hydrazine groups is 1. The average molecular weight is 298 g/mol. The lowest BCUT2D eigenvalue weighted by atomic mass is 10.1. The summed E-state index contributed by atoms with van der Waals surface area (Å²) in [6.07, 6.45) is 2.58. The number of nitrogens with zero attached hydrogens (tertiary/aromatic N) is 1. The van der Waals surface area contributed by atoms with Gasteiger partial charge >= 0.3 is 0 Å². The van der Waals surface area contributed by atoms with Crippen molar-refractivity contribution in [2.24, 2.45) is 0 Å². The highest BCUT2D eigenvalue weighted by Crippen LogP contribution is 2.20. The minimum atomic E-state index is -0.427. The van der Waals surface area contributed by atoms with E-state index < -0.39 is 11.8 Å². The third-order valence-electron chi connectivity index (χ3n) is 3.00. The number of carbonyl (C=O) groups is 3. The van der Waals surface area contributed by atoms with Crippen molar-refractivity contribution >= 4 is 28.9 Å². The second kappa shape index (κ2) is 5.34. The van der Waals surface area contributed by atoms with Crippen molar-refractivity contribution in [3.8, 4) is 0 Å². The van der Waals surface area contributed by atoms with E-state index in [1.165, 1.54) is 23.6 Å². The number of thiophene rings is 1. The number of carbonyl (C=O) groups excluding carboxylic acids is 3. The quantitative estimate of drug-likeness (QED) is 0.534. The van der Waals surface area contributed by atoms with E-state index in [9.17, 15) is 14.4 Å². The van der Waals surface area contributed by atoms with Gasteiger partial charge in [-0.1, -0.05) is 18.2 Å². The van der Waals surface area contributed by atoms with Crippen molar-refractivity contribution in [2.75, 3.05) is 0 Å². The Labute approximate surface area is 124 Å². The molecule has 0 unspecified atom stereocenters. The Kier molecular flexibility index (Phi) is 3.37. The van der Waals surface area contributed by atoms with E-state index in [4.69, 9.17) is 0 Å². The topological polar surface area (TPSA) is 66.5 Å². The van der Waals surface area contributed by atoms with Crippen molar-refractivity contribution in [2.45, 2.75) is 0 Å². The molecule has 1 aromatic heterocycles. The fraction of sp³-hybridized carbons (Fsp3) is 0. The van der Waals surface area contributed by atoms with E-state index in [-0.39, 0.29) is 5.78 Å². The lowest BCUT2D eigenvalue weighted by Crippen LogP contribution is -2.39. The van der Waals surface area contributed by atoms with E-state index >= 15 is 0 Å². The van der Waals surface area contributed by atoms with Gasteiger partial charge in [0.1, 0.15) is 0 Å². The summed E-state index contributed by atoms with van der Waals surface area (Å²) in [6, 6.07) is 10.1. The van der Waals surface area contributed by atoms with Gasteiger partial charge in [-0.05, 0) is 23.6 Å². The van der Waals surface area contributed by atoms with Gasteiger partial charge in [0.15, 0.2) is 5.78 Å². The summed E-state index contributed by atoms with van der Waals surface area (Å²) in [5, 5.41) is 2.70. The molecule has 6 heteroatoms. The molecule has 1 aromatic carbocycles. The summed E-state index contributed by atoms with van der Waals surface area (Å²) >= 11 is 1.33. The Morgan fingerprint density at radius 2 is 1.71 bits per heavy atom. The smallest absolute Gasteiger partial charge is 0.280 e. The van der Waals surface area contributed by atoms with E-state index in [1.807, 2.05) is 0 Å². The normalized spacial score (nSPS) is 13.8. The molecule has 1 N–H and O–H groups in total. The number of imide groups is 1. The molecule has 1 aliphatic heterocycles. The number of rotatable bonds is 4. The first-order chi connectivity index (χ1) is 10.2. The highest BCUT2D eigenvalue weighted by Gasteiger charge is 2.34. The van der Waals surface area contributed by atoms with E-state index in [2.05, 4.69) is 5.43 Å². The van der Waals surface area contributed by atoms with E-state index in [1.54, 1.807) is 41.8 Å². The van der Waals surface area contributed by atoms with Gasteiger partial charge in [0.2, 0.25) is 0 Å². The van der Waals surface area contributed by atoms with Crippen LogP contribution in [0.1, 0.15) is 30.4 Å². The first-order valence-corrected chi connectivity index (χ1v) is 7.05. The summed E-state index contributed by atoms with van der Waals surface area (Å²) in [6.45, 7) is 0. The molecule has 0 saturated heterocycles. The zero-order valence-electron chi connectivity index (χ0n) is 10.8. The first-order valence-electron chi connectivity index (χ1n) is 6.17. The van der Waals surface area contributed by atoms with Gasteiger partial charge in [-0.2, -0.15) is 5.01 Å². The lowest BCUT2D eigenvalue weighted by Gasteiger charge is -2.12. The molecular formula is C15H10N2O3S. The molecule has 2 heterocycles. The molecule has 0 radical (unpaired) electrons. The van der Waals surface area contributed by atoms with Gasteiger partial charge in [0, 0.05) is 12.3 Å². The largest absolute Gasteiger partial charge is 0.295 e. The molecule has 5 nitrogen and oxygen atoms in total. The Morgan fingerprint density at radius 3 is 2.29 bits per heavy atom. The second-order valence-corrected chi connectivity index (χ2v) is 5.24. The molecule has 0 aliphatic carbocycles. The minimum absolute atomic E-state index is 0.186. The van der Waals surface area contributed by atoms with Gasteiger partial charge in [-0.25, -0.2) is 0 Å². The van der Waals surface area contributed by atoms with Crippen LogP contribution < -0.4 is 5.43 Å². The molecule has 2 amide bonds. The van der Waals surface area contributed by atoms with Crippen molar-refractivity contribution in [1.82, 2.24) is 10.4 Å². The standard InChI is InChI=1S/C15H10N2O3S/c18-12(13-6-3-9-21-13)7-8-16-17-14(19)10-4-1-2-5-11(10)15(17)20/h1-9,16H/b8-7+. The van der Waals surface area contributed by atoms with Crippen LogP contribution in [0.3, 0.4) is 0 Å². The Morgan fingerprint density at radius 1 is 1.05 bits per heavy atom. The predicted molar refractivity (Wildman–Crippen MR) is 77.9 cm³/mol. The van der Waals surface area contributed by atoms with Crippen LogP contribution in [0, 0.1) is 0 Å². The number of allylic oxidation sites excluding steroid dienone is 1. The first kappa shape index (κ1) is 13.3. The van der Waals surface area contributed by atoms with Crippen LogP contribution in [0.4, 0.5) is 0 Å². The number of hydrogen-bond acceptors (Lipinski definition) is 5. The number of ketones is 1. The maximum absolute atomic E-state index is 12.0. The number of nitrogens with one attached hydrogen (secondary N) is 1. The zero-order chi connectivity index (χ0) is 14.8. The van der Waals surface area contributed by atoms with Crippen LogP contribution in [-0.4, -0.2) is 22.6 Å². The van der Waals surface area contributed by atoms with E-state index in [0.29, 0.717) is 16.0 Å². The van der Waals surface area contributed by atoms with Crippen LogP contribution in [0.15, 0.2) is 54.1 Å². The van der Waals surface area contributed by atoms with Gasteiger partial charge in [-0.3, -0.25) is 19.8 Å². The summed E-state index contributed by atoms with van der Waals surface area (Å²) in [7, 11) is 0. The molecule has 0 spiro atoms. The monoisotopic (exact) mass is 298 g/mol. The number of benzene rings is 1. The lowest BCUT2D eigenvalue weighted by molar-refractivity contribution is 0.0598. The van der Waals surface area contributed by atoms with Crippen molar-refractivity contribution in [3.05, 3.63) is 70.1 Å². The third-order valence-corrected chi connectivity index (χ3v) is 3.88. The maximum atomic E-state index is 12.0. The summed E-state index contributed by atoms with van der Waals surface area (Å²) in [5.74, 6) is -1.04. The molecule has 0 atom stereocenters. The Bertz CT molecular complexity index is 715. The third kappa shape index (κ3) is 2.36. The molecule has 0 fully saturated rings. The van der Waals surface area contributed by atoms with E-state index in [0.717, 1.165) is 5.01 Å². The maximum Gasteiger partial charge on any atom is 0.280 e. The molecule has 3 rings (SSSR count). The summed E-state index contributed by atoms with van der Waals surface area (Å²) in [4.78, 5) is 36.4. The number of amides is 2. The van der Waals surface area contributed by atoms with Crippen LogP contribution in [0.25, 0.3) is 0 Å². The van der Waals surface area contributed by atoms with Gasteiger partial charge in [0.05, 0.1) is 16.0 Å². The molecule has 2 aromatic rings. The second-order valence-electron chi connectivity index (χ2n) is 4.30. The van der Waals surface area contributed by atoms with Crippen LogP contribution in [0.5, 0.6) is 0 Å². The number of hydrogen-bond donors (Lipinski definition) is 1. The van der Waals surface area contributed by atoms with Crippen LogP contribution in [-0.2, 0) is 0 Å². The van der Waals surface area contributed by atoms with Crippen LogP contribution >= 0.6 is 11.3 Å². The minimum Gasteiger partial charge on any atom is -0.295 e. The Balaban J connectivity index is 1.71. The average Bonchev–Trinajstić information content (AvgIpc) is 3.11. The highest BCUT2D eigenvalue weighted by atomic mass is 32.1. The van der Waals surface area contributed by atoms with Gasteiger partial charge in [0.25, 0.3) is 11.8 Å². The Hall–Kier alpha value is -2.73. The van der Waals surface area contributed by atoms with Crippen molar-refractivity contribution in [3.63, 3.8) is 0 Å². The number of fused-ring (bicyclic) bond motifs is 1. The zero-order valence-corrected chi connectivity index (χ0v) is 11.6. The van der Waals surface area contributed by atoms with Crippen molar-refractivity contribution < 1.29 is 14.4 Å². The highest BCUT2D eigenvalue weighted by molar-refractivity contribution is 7.12. The summed E-state index contributed by atoms with van der Waals surface area (Å²) < 4.78 is 0.